The first-order valence-electron chi connectivity index (χ1n) is 11.5. The van der Waals surface area contributed by atoms with E-state index >= 15 is 0 Å². The van der Waals surface area contributed by atoms with Crippen molar-refractivity contribution in [2.24, 2.45) is 5.92 Å². The second kappa shape index (κ2) is 10.5. The Morgan fingerprint density at radius 2 is 2.00 bits per heavy atom. The molecule has 2 fully saturated rings. The highest BCUT2D eigenvalue weighted by Gasteiger charge is 2.31. The van der Waals surface area contributed by atoms with Gasteiger partial charge in [0, 0.05) is 35.9 Å². The Morgan fingerprint density at radius 1 is 1.16 bits per heavy atom. The highest BCUT2D eigenvalue weighted by Crippen LogP contribution is 2.26. The number of likely N-dealkylation sites (tertiary alicyclic amines) is 1. The van der Waals surface area contributed by atoms with Gasteiger partial charge in [0.25, 0.3) is 5.91 Å². The van der Waals surface area contributed by atoms with Gasteiger partial charge < -0.3 is 15.1 Å². The summed E-state index contributed by atoms with van der Waals surface area (Å²) in [6.07, 6.45) is 8.08. The summed E-state index contributed by atoms with van der Waals surface area (Å²) in [6.45, 7) is 7.36. The van der Waals surface area contributed by atoms with Gasteiger partial charge in [-0.15, -0.1) is 0 Å². The number of rotatable bonds is 6. The van der Waals surface area contributed by atoms with Crippen LogP contribution in [0.4, 0.5) is 5.82 Å². The zero-order chi connectivity index (χ0) is 21.6. The lowest BCUT2D eigenvalue weighted by molar-refractivity contribution is 0.0908. The van der Waals surface area contributed by atoms with Gasteiger partial charge in [-0.05, 0) is 88.0 Å². The van der Waals surface area contributed by atoms with Crippen LogP contribution in [-0.4, -0.2) is 54.6 Å². The Hall–Kier alpha value is -2.11. The van der Waals surface area contributed by atoms with E-state index in [9.17, 15) is 4.79 Å². The van der Waals surface area contributed by atoms with Crippen molar-refractivity contribution in [2.45, 2.75) is 45.1 Å². The normalized spacial score (nSPS) is 22.3. The maximum Gasteiger partial charge on any atom is 0.251 e. The maximum absolute atomic E-state index is 13.0. The van der Waals surface area contributed by atoms with Crippen LogP contribution in [0.3, 0.4) is 0 Å². The third-order valence-corrected chi connectivity index (χ3v) is 6.88. The molecule has 0 saturated carbocycles. The minimum Gasteiger partial charge on any atom is -0.355 e. The lowest BCUT2D eigenvalue weighted by Gasteiger charge is -2.40. The maximum atomic E-state index is 13.0. The van der Waals surface area contributed by atoms with Gasteiger partial charge >= 0.3 is 0 Å². The average Bonchev–Trinajstić information content (AvgIpc) is 2.79. The van der Waals surface area contributed by atoms with E-state index in [1.165, 1.54) is 32.4 Å². The molecule has 1 N–H and O–H groups in total. The number of hydrogen-bond donors (Lipinski definition) is 1. The molecule has 6 heteroatoms. The first-order chi connectivity index (χ1) is 15.1. The molecule has 0 spiro atoms. The molecule has 3 heterocycles. The summed E-state index contributed by atoms with van der Waals surface area (Å²) in [5.41, 5.74) is 1.78. The zero-order valence-corrected chi connectivity index (χ0v) is 19.2. The minimum absolute atomic E-state index is 0.0470. The number of benzene rings is 1. The lowest BCUT2D eigenvalue weighted by atomic mass is 9.88. The molecule has 2 aromatic rings. The van der Waals surface area contributed by atoms with Crippen molar-refractivity contribution in [3.05, 3.63) is 58.7 Å². The topological polar surface area (TPSA) is 48.5 Å². The Bertz CT molecular complexity index is 866. The molecule has 31 heavy (non-hydrogen) atoms. The highest BCUT2D eigenvalue weighted by atomic mass is 35.5. The van der Waals surface area contributed by atoms with Gasteiger partial charge in [-0.1, -0.05) is 30.2 Å². The van der Waals surface area contributed by atoms with E-state index in [1.807, 2.05) is 18.3 Å². The second-order valence-corrected chi connectivity index (χ2v) is 9.41. The molecule has 0 bridgehead atoms. The number of nitrogens with zero attached hydrogens (tertiary/aromatic N) is 3. The number of pyridine rings is 1. The Labute approximate surface area is 190 Å². The van der Waals surface area contributed by atoms with E-state index in [-0.39, 0.29) is 11.9 Å². The molecule has 2 saturated heterocycles. The number of nitrogens with one attached hydrogen (secondary N) is 1. The molecule has 5 nitrogen and oxygen atoms in total. The van der Waals surface area contributed by atoms with Crippen molar-refractivity contribution in [3.63, 3.8) is 0 Å². The van der Waals surface area contributed by atoms with Crippen LogP contribution in [-0.2, 0) is 0 Å². The number of aryl methyl sites for hydroxylation is 1. The van der Waals surface area contributed by atoms with Crippen molar-refractivity contribution in [1.29, 1.82) is 0 Å². The average molecular weight is 441 g/mol. The van der Waals surface area contributed by atoms with Crippen molar-refractivity contribution >= 4 is 23.3 Å². The van der Waals surface area contributed by atoms with Gasteiger partial charge in [-0.2, -0.15) is 0 Å². The van der Waals surface area contributed by atoms with Crippen LogP contribution >= 0.6 is 11.6 Å². The Kier molecular flexibility index (Phi) is 7.46. The van der Waals surface area contributed by atoms with E-state index in [4.69, 9.17) is 11.6 Å². The first-order valence-corrected chi connectivity index (χ1v) is 11.9. The number of carbonyl (C=O) groups is 1. The molecule has 166 valence electrons. The quantitative estimate of drug-likeness (QED) is 0.716. The fourth-order valence-corrected chi connectivity index (χ4v) is 4.97. The summed E-state index contributed by atoms with van der Waals surface area (Å²) in [6, 6.07) is 11.5. The van der Waals surface area contributed by atoms with E-state index in [0.29, 0.717) is 16.5 Å². The lowest BCUT2D eigenvalue weighted by Crippen LogP contribution is -2.53. The largest absolute Gasteiger partial charge is 0.355 e. The van der Waals surface area contributed by atoms with Crippen LogP contribution in [0.1, 0.15) is 48.0 Å². The van der Waals surface area contributed by atoms with Crippen LogP contribution in [0, 0.1) is 12.8 Å². The van der Waals surface area contributed by atoms with Gasteiger partial charge in [-0.3, -0.25) is 4.79 Å². The molecule has 0 aliphatic carbocycles. The van der Waals surface area contributed by atoms with Crippen LogP contribution in [0.25, 0.3) is 0 Å². The Balaban J connectivity index is 1.45. The smallest absolute Gasteiger partial charge is 0.251 e. The summed E-state index contributed by atoms with van der Waals surface area (Å²) in [7, 11) is 0. The Morgan fingerprint density at radius 3 is 2.74 bits per heavy atom. The number of hydrogen-bond acceptors (Lipinski definition) is 4. The minimum atomic E-state index is -0.0470. The van der Waals surface area contributed by atoms with Crippen LogP contribution < -0.4 is 10.2 Å². The highest BCUT2D eigenvalue weighted by molar-refractivity contribution is 6.30. The van der Waals surface area contributed by atoms with E-state index < -0.39 is 0 Å². The third kappa shape index (κ3) is 5.98. The number of aromatic nitrogens is 1. The van der Waals surface area contributed by atoms with Crippen molar-refractivity contribution in [1.82, 2.24) is 15.2 Å². The number of amides is 1. The predicted molar refractivity (Wildman–Crippen MR) is 127 cm³/mol. The predicted octanol–water partition coefficient (Wildman–Crippen LogP) is 4.54. The molecule has 4 rings (SSSR count). The number of anilines is 1. The van der Waals surface area contributed by atoms with Crippen LogP contribution in [0.15, 0.2) is 42.6 Å². The molecule has 1 aromatic heterocycles. The molecule has 2 unspecified atom stereocenters. The molecule has 2 aliphatic rings. The van der Waals surface area contributed by atoms with E-state index in [2.05, 4.69) is 39.2 Å². The molecule has 2 atom stereocenters. The number of piperidine rings is 2. The number of halogens is 1. The summed E-state index contributed by atoms with van der Waals surface area (Å²) < 4.78 is 0. The summed E-state index contributed by atoms with van der Waals surface area (Å²) >= 11 is 6.11. The van der Waals surface area contributed by atoms with Crippen molar-refractivity contribution in [3.8, 4) is 0 Å². The van der Waals surface area contributed by atoms with E-state index in [0.717, 1.165) is 43.9 Å². The number of carbonyl (C=O) groups excluding carboxylic acids is 1. The molecular weight excluding hydrogens is 408 g/mol. The van der Waals surface area contributed by atoms with E-state index in [1.54, 1.807) is 12.1 Å². The SMILES string of the molecule is Cc1ccc(N2CCC(CCN3CCCCC3)C(NC(=O)c3cccc(Cl)c3)C2)nc1. The summed E-state index contributed by atoms with van der Waals surface area (Å²) in [5.74, 6) is 1.41. The summed E-state index contributed by atoms with van der Waals surface area (Å²) in [5, 5.41) is 3.91. The van der Waals surface area contributed by atoms with Gasteiger partial charge in [0.15, 0.2) is 0 Å². The van der Waals surface area contributed by atoms with Gasteiger partial charge in [0.2, 0.25) is 0 Å². The fraction of sp³-hybridized carbons (Fsp3) is 0.520. The van der Waals surface area contributed by atoms with Crippen LogP contribution in [0.5, 0.6) is 0 Å². The monoisotopic (exact) mass is 440 g/mol. The third-order valence-electron chi connectivity index (χ3n) is 6.64. The standard InChI is InChI=1S/C25H33ClN4O/c1-19-8-9-24(27-17-19)30-15-11-20(10-14-29-12-3-2-4-13-29)23(18-30)28-25(31)21-6-5-7-22(26)16-21/h5-9,16-17,20,23H,2-4,10-15,18H2,1H3,(H,28,31). The molecule has 1 aromatic carbocycles. The second-order valence-electron chi connectivity index (χ2n) is 8.97. The van der Waals surface area contributed by atoms with Gasteiger partial charge in [0.1, 0.15) is 5.82 Å². The van der Waals surface area contributed by atoms with Gasteiger partial charge in [0.05, 0.1) is 0 Å². The summed E-state index contributed by atoms with van der Waals surface area (Å²) in [4.78, 5) is 22.5. The molecule has 1 amide bonds. The molecule has 0 radical (unpaired) electrons. The van der Waals surface area contributed by atoms with Crippen molar-refractivity contribution < 1.29 is 4.79 Å². The van der Waals surface area contributed by atoms with Crippen LogP contribution in [0.2, 0.25) is 5.02 Å². The van der Waals surface area contributed by atoms with Gasteiger partial charge in [-0.25, -0.2) is 4.98 Å². The molecule has 2 aliphatic heterocycles. The zero-order valence-electron chi connectivity index (χ0n) is 18.4. The fourth-order valence-electron chi connectivity index (χ4n) is 4.78. The van der Waals surface area contributed by atoms with Crippen molar-refractivity contribution in [2.75, 3.05) is 37.6 Å². The first kappa shape index (κ1) is 22.1. The molecular formula is C25H33ClN4O.